The molecule has 1 heterocycles. The molecular formula is C17H22F2N2O3S. The van der Waals surface area contributed by atoms with Gasteiger partial charge in [0.2, 0.25) is 15.9 Å². The highest BCUT2D eigenvalue weighted by Gasteiger charge is 2.32. The summed E-state index contributed by atoms with van der Waals surface area (Å²) in [6.45, 7) is 0.840. The summed E-state index contributed by atoms with van der Waals surface area (Å²) >= 11 is 0. The molecule has 0 bridgehead atoms. The third-order valence-corrected chi connectivity index (χ3v) is 6.97. The third-order valence-electron chi connectivity index (χ3n) is 5.04. The fourth-order valence-corrected chi connectivity index (χ4v) is 5.06. The standard InChI is InChI=1S/C17H22F2N2O3S/c18-14-5-6-16(15(19)12-14)25(23,24)21-9-7-20(8-10-21)17(22)11-13-3-1-2-4-13/h5-6,12-13H,1-4,7-11H2. The van der Waals surface area contributed by atoms with Crippen LogP contribution in [-0.2, 0) is 14.8 Å². The number of carbonyl (C=O) groups is 1. The molecule has 0 aromatic heterocycles. The molecule has 0 unspecified atom stereocenters. The zero-order valence-corrected chi connectivity index (χ0v) is 14.8. The van der Waals surface area contributed by atoms with E-state index in [0.717, 1.165) is 29.3 Å². The van der Waals surface area contributed by atoms with E-state index in [1.54, 1.807) is 4.90 Å². The number of rotatable bonds is 4. The van der Waals surface area contributed by atoms with Gasteiger partial charge in [0.05, 0.1) is 0 Å². The Balaban J connectivity index is 1.62. The highest BCUT2D eigenvalue weighted by molar-refractivity contribution is 7.89. The highest BCUT2D eigenvalue weighted by Crippen LogP contribution is 2.28. The van der Waals surface area contributed by atoms with Crippen LogP contribution in [-0.4, -0.2) is 49.7 Å². The molecule has 1 amide bonds. The van der Waals surface area contributed by atoms with Gasteiger partial charge in [-0.1, -0.05) is 12.8 Å². The van der Waals surface area contributed by atoms with Gasteiger partial charge in [-0.25, -0.2) is 17.2 Å². The zero-order valence-electron chi connectivity index (χ0n) is 14.0. The first-order valence-electron chi connectivity index (χ1n) is 8.61. The number of sulfonamides is 1. The number of carbonyl (C=O) groups excluding carboxylic acids is 1. The van der Waals surface area contributed by atoms with Crippen molar-refractivity contribution >= 4 is 15.9 Å². The first kappa shape index (κ1) is 18.3. The SMILES string of the molecule is O=C(CC1CCCC1)N1CCN(S(=O)(=O)c2ccc(F)cc2F)CC1. The van der Waals surface area contributed by atoms with Gasteiger partial charge in [0.15, 0.2) is 0 Å². The molecule has 1 aliphatic heterocycles. The van der Waals surface area contributed by atoms with Gasteiger partial charge >= 0.3 is 0 Å². The molecule has 2 aliphatic rings. The van der Waals surface area contributed by atoms with E-state index in [2.05, 4.69) is 0 Å². The van der Waals surface area contributed by atoms with E-state index >= 15 is 0 Å². The molecule has 25 heavy (non-hydrogen) atoms. The van der Waals surface area contributed by atoms with Crippen LogP contribution >= 0.6 is 0 Å². The summed E-state index contributed by atoms with van der Waals surface area (Å²) in [4.78, 5) is 13.5. The Labute approximate surface area is 146 Å². The summed E-state index contributed by atoms with van der Waals surface area (Å²) < 4.78 is 53.0. The lowest BCUT2D eigenvalue weighted by atomic mass is 10.0. The minimum atomic E-state index is -4.03. The molecule has 0 radical (unpaired) electrons. The van der Waals surface area contributed by atoms with E-state index < -0.39 is 26.6 Å². The first-order chi connectivity index (χ1) is 11.9. The van der Waals surface area contributed by atoms with Crippen molar-refractivity contribution in [3.63, 3.8) is 0 Å². The van der Waals surface area contributed by atoms with Gasteiger partial charge in [0.25, 0.3) is 0 Å². The maximum Gasteiger partial charge on any atom is 0.246 e. The second kappa shape index (κ2) is 7.37. The number of piperazine rings is 1. The van der Waals surface area contributed by atoms with Gasteiger partial charge in [-0.2, -0.15) is 4.31 Å². The number of amides is 1. The normalized spacial score (nSPS) is 20.2. The lowest BCUT2D eigenvalue weighted by molar-refractivity contribution is -0.133. The van der Waals surface area contributed by atoms with Gasteiger partial charge in [-0.3, -0.25) is 4.79 Å². The van der Waals surface area contributed by atoms with E-state index in [9.17, 15) is 22.0 Å². The monoisotopic (exact) mass is 372 g/mol. The minimum Gasteiger partial charge on any atom is -0.340 e. The van der Waals surface area contributed by atoms with Crippen molar-refractivity contribution in [2.45, 2.75) is 37.0 Å². The quantitative estimate of drug-likeness (QED) is 0.815. The highest BCUT2D eigenvalue weighted by atomic mass is 32.2. The molecule has 0 spiro atoms. The number of hydrogen-bond acceptors (Lipinski definition) is 3. The Bertz CT molecular complexity index is 740. The van der Waals surface area contributed by atoms with Gasteiger partial charge in [0.1, 0.15) is 16.5 Å². The van der Waals surface area contributed by atoms with Gasteiger partial charge in [0, 0.05) is 38.7 Å². The minimum absolute atomic E-state index is 0.0666. The van der Waals surface area contributed by atoms with Crippen molar-refractivity contribution in [1.82, 2.24) is 9.21 Å². The van der Waals surface area contributed by atoms with Gasteiger partial charge < -0.3 is 4.90 Å². The Morgan fingerprint density at radius 1 is 1.08 bits per heavy atom. The van der Waals surface area contributed by atoms with Crippen LogP contribution < -0.4 is 0 Å². The van der Waals surface area contributed by atoms with Crippen molar-refractivity contribution in [2.75, 3.05) is 26.2 Å². The van der Waals surface area contributed by atoms with Crippen LogP contribution in [0.5, 0.6) is 0 Å². The van der Waals surface area contributed by atoms with Crippen molar-refractivity contribution in [2.24, 2.45) is 5.92 Å². The van der Waals surface area contributed by atoms with Crippen LogP contribution in [0.25, 0.3) is 0 Å². The summed E-state index contributed by atoms with van der Waals surface area (Å²) in [6, 6.07) is 2.43. The van der Waals surface area contributed by atoms with Crippen molar-refractivity contribution < 1.29 is 22.0 Å². The van der Waals surface area contributed by atoms with E-state index in [0.29, 0.717) is 31.5 Å². The van der Waals surface area contributed by atoms with Crippen LogP contribution in [0.2, 0.25) is 0 Å². The summed E-state index contributed by atoms with van der Waals surface area (Å²) in [5, 5.41) is 0. The summed E-state index contributed by atoms with van der Waals surface area (Å²) in [7, 11) is -4.03. The van der Waals surface area contributed by atoms with E-state index in [4.69, 9.17) is 0 Å². The Morgan fingerprint density at radius 3 is 2.32 bits per heavy atom. The molecule has 1 aliphatic carbocycles. The molecule has 8 heteroatoms. The summed E-state index contributed by atoms with van der Waals surface area (Å²) in [6.07, 6.45) is 5.05. The van der Waals surface area contributed by atoms with Crippen molar-refractivity contribution in [3.05, 3.63) is 29.8 Å². The molecular weight excluding hydrogens is 350 g/mol. The maximum absolute atomic E-state index is 13.8. The molecule has 3 rings (SSSR count). The smallest absolute Gasteiger partial charge is 0.246 e. The Kier molecular flexibility index (Phi) is 5.38. The summed E-state index contributed by atoms with van der Waals surface area (Å²) in [5.74, 6) is -1.40. The topological polar surface area (TPSA) is 57.7 Å². The zero-order chi connectivity index (χ0) is 18.0. The largest absolute Gasteiger partial charge is 0.340 e. The second-order valence-electron chi connectivity index (χ2n) is 6.71. The predicted octanol–water partition coefficient (Wildman–Crippen LogP) is 2.38. The lowest BCUT2D eigenvalue weighted by Crippen LogP contribution is -2.50. The van der Waals surface area contributed by atoms with E-state index in [1.807, 2.05) is 0 Å². The maximum atomic E-state index is 13.8. The Hall–Kier alpha value is -1.54. The van der Waals surface area contributed by atoms with Crippen LogP contribution in [0, 0.1) is 17.6 Å². The van der Waals surface area contributed by atoms with Gasteiger partial charge in [-0.05, 0) is 30.9 Å². The molecule has 0 atom stereocenters. The first-order valence-corrected chi connectivity index (χ1v) is 10.0. The van der Waals surface area contributed by atoms with Gasteiger partial charge in [-0.15, -0.1) is 0 Å². The molecule has 2 fully saturated rings. The fraction of sp³-hybridized carbons (Fsp3) is 0.588. The summed E-state index contributed by atoms with van der Waals surface area (Å²) in [5.41, 5.74) is 0. The molecule has 0 N–H and O–H groups in total. The van der Waals surface area contributed by atoms with E-state index in [1.165, 1.54) is 12.8 Å². The predicted molar refractivity (Wildman–Crippen MR) is 88.3 cm³/mol. The molecule has 1 saturated heterocycles. The number of hydrogen-bond donors (Lipinski definition) is 0. The molecule has 1 saturated carbocycles. The number of benzene rings is 1. The fourth-order valence-electron chi connectivity index (χ4n) is 3.59. The average Bonchev–Trinajstić information content (AvgIpc) is 3.07. The number of halogens is 2. The molecule has 5 nitrogen and oxygen atoms in total. The average molecular weight is 372 g/mol. The number of nitrogens with zero attached hydrogens (tertiary/aromatic N) is 2. The lowest BCUT2D eigenvalue weighted by Gasteiger charge is -2.34. The van der Waals surface area contributed by atoms with Crippen LogP contribution in [0.4, 0.5) is 8.78 Å². The van der Waals surface area contributed by atoms with Crippen molar-refractivity contribution in [3.8, 4) is 0 Å². The van der Waals surface area contributed by atoms with Crippen LogP contribution in [0.15, 0.2) is 23.1 Å². The molecule has 1 aromatic carbocycles. The van der Waals surface area contributed by atoms with E-state index in [-0.39, 0.29) is 19.0 Å². The Morgan fingerprint density at radius 2 is 1.72 bits per heavy atom. The van der Waals surface area contributed by atoms with Crippen LogP contribution in [0.3, 0.4) is 0 Å². The third kappa shape index (κ3) is 4.00. The molecule has 1 aromatic rings. The van der Waals surface area contributed by atoms with Crippen LogP contribution in [0.1, 0.15) is 32.1 Å². The molecule has 138 valence electrons. The second-order valence-corrected chi connectivity index (χ2v) is 8.62. The van der Waals surface area contributed by atoms with Crippen molar-refractivity contribution in [1.29, 1.82) is 0 Å².